The number of hydrogen-bond donors (Lipinski definition) is 0. The van der Waals surface area contributed by atoms with Crippen LogP contribution < -0.4 is 4.74 Å². The van der Waals surface area contributed by atoms with Crippen molar-refractivity contribution in [3.05, 3.63) is 42.0 Å². The van der Waals surface area contributed by atoms with Gasteiger partial charge in [0.25, 0.3) is 0 Å². The first-order chi connectivity index (χ1) is 7.11. The molecule has 0 N–H and O–H groups in total. The highest BCUT2D eigenvalue weighted by Gasteiger charge is 2.31. The van der Waals surface area contributed by atoms with Gasteiger partial charge in [-0.1, -0.05) is 24.8 Å². The molecular weight excluding hydrogens is 190 g/mol. The predicted octanol–water partition coefficient (Wildman–Crippen LogP) is 1.76. The smallest absolute Gasteiger partial charge is 0.340 e. The number of benzene rings is 1. The zero-order valence-corrected chi connectivity index (χ0v) is 8.86. The third-order valence-electron chi connectivity index (χ3n) is 2.52. The second-order valence-electron chi connectivity index (χ2n) is 3.82. The van der Waals surface area contributed by atoms with Crippen LogP contribution in [-0.2, 0) is 4.79 Å². The van der Waals surface area contributed by atoms with Gasteiger partial charge < -0.3 is 4.74 Å². The lowest BCUT2D eigenvalue weighted by atomic mass is 9.96. The fourth-order valence-electron chi connectivity index (χ4n) is 1.85. The Morgan fingerprint density at radius 1 is 1.33 bits per heavy atom. The van der Waals surface area contributed by atoms with Crippen LogP contribution in [0.15, 0.2) is 36.4 Å². The normalized spacial score (nSPS) is 20.1. The minimum Gasteiger partial charge on any atom is -0.423 e. The average molecular weight is 203 g/mol. The van der Waals surface area contributed by atoms with Crippen LogP contribution in [0.2, 0.25) is 0 Å². The fraction of sp³-hybridized carbons (Fsp3) is 0.250. The molecule has 0 radical (unpaired) electrons. The molecule has 0 aromatic heterocycles. The SMILES string of the molecule is C=C1C(=O)Oc2ccccc2C1N(C)C. The lowest BCUT2D eigenvalue weighted by Crippen LogP contribution is -2.31. The number of carbonyl (C=O) groups is 1. The van der Waals surface area contributed by atoms with Gasteiger partial charge in [0.2, 0.25) is 0 Å². The highest BCUT2D eigenvalue weighted by molar-refractivity contribution is 5.93. The molecule has 1 aliphatic heterocycles. The highest BCUT2D eigenvalue weighted by atomic mass is 16.5. The summed E-state index contributed by atoms with van der Waals surface area (Å²) in [7, 11) is 3.84. The average Bonchev–Trinajstić information content (AvgIpc) is 2.19. The Kier molecular flexibility index (Phi) is 2.32. The van der Waals surface area contributed by atoms with Crippen molar-refractivity contribution in [2.75, 3.05) is 14.1 Å². The highest BCUT2D eigenvalue weighted by Crippen LogP contribution is 2.37. The molecule has 0 amide bonds. The summed E-state index contributed by atoms with van der Waals surface area (Å²) in [5.74, 6) is 0.293. The van der Waals surface area contributed by atoms with Crippen LogP contribution in [0.25, 0.3) is 0 Å². The summed E-state index contributed by atoms with van der Waals surface area (Å²) in [5, 5.41) is 0. The molecule has 1 unspecified atom stereocenters. The number of esters is 1. The van der Waals surface area contributed by atoms with Gasteiger partial charge in [0.15, 0.2) is 0 Å². The van der Waals surface area contributed by atoms with Gasteiger partial charge in [-0.25, -0.2) is 4.79 Å². The van der Waals surface area contributed by atoms with Crippen LogP contribution in [0.5, 0.6) is 5.75 Å². The van der Waals surface area contributed by atoms with E-state index in [1.807, 2.05) is 37.2 Å². The van der Waals surface area contributed by atoms with E-state index in [2.05, 4.69) is 6.58 Å². The molecule has 0 saturated heterocycles. The molecular formula is C12H13NO2. The lowest BCUT2D eigenvalue weighted by Gasteiger charge is -2.30. The quantitative estimate of drug-likeness (QED) is 0.396. The van der Waals surface area contributed by atoms with Gasteiger partial charge in [-0.05, 0) is 20.2 Å². The van der Waals surface area contributed by atoms with E-state index in [4.69, 9.17) is 4.74 Å². The summed E-state index contributed by atoms with van der Waals surface area (Å²) >= 11 is 0. The number of carbonyl (C=O) groups excluding carboxylic acids is 1. The summed E-state index contributed by atoms with van der Waals surface area (Å²) < 4.78 is 5.16. The third-order valence-corrected chi connectivity index (χ3v) is 2.52. The van der Waals surface area contributed by atoms with Crippen molar-refractivity contribution >= 4 is 5.97 Å². The van der Waals surface area contributed by atoms with Crippen LogP contribution in [0.4, 0.5) is 0 Å². The van der Waals surface area contributed by atoms with Crippen LogP contribution in [0.3, 0.4) is 0 Å². The van der Waals surface area contributed by atoms with E-state index < -0.39 is 0 Å². The zero-order valence-electron chi connectivity index (χ0n) is 8.86. The molecule has 0 fully saturated rings. The van der Waals surface area contributed by atoms with Crippen LogP contribution in [0.1, 0.15) is 11.6 Å². The molecule has 2 rings (SSSR count). The number of fused-ring (bicyclic) bond motifs is 1. The van der Waals surface area contributed by atoms with E-state index in [1.165, 1.54) is 0 Å². The molecule has 0 saturated carbocycles. The molecule has 1 aromatic carbocycles. The summed E-state index contributed by atoms with van der Waals surface area (Å²) in [6.45, 7) is 3.78. The molecule has 0 bridgehead atoms. The van der Waals surface area contributed by atoms with Crippen molar-refractivity contribution in [2.24, 2.45) is 0 Å². The number of likely N-dealkylation sites (N-methyl/N-ethyl adjacent to an activating group) is 1. The van der Waals surface area contributed by atoms with Gasteiger partial charge in [0, 0.05) is 5.56 Å². The lowest BCUT2D eigenvalue weighted by molar-refractivity contribution is -0.131. The van der Waals surface area contributed by atoms with Gasteiger partial charge >= 0.3 is 5.97 Å². The van der Waals surface area contributed by atoms with Gasteiger partial charge in [0.05, 0.1) is 11.6 Å². The first kappa shape index (κ1) is 9.93. The maximum Gasteiger partial charge on any atom is 0.340 e. The van der Waals surface area contributed by atoms with Crippen molar-refractivity contribution in [1.82, 2.24) is 4.90 Å². The van der Waals surface area contributed by atoms with Gasteiger partial charge in [0.1, 0.15) is 5.75 Å². The number of para-hydroxylation sites is 1. The van der Waals surface area contributed by atoms with Crippen molar-refractivity contribution in [3.8, 4) is 5.75 Å². The maximum atomic E-state index is 11.5. The molecule has 3 heteroatoms. The second-order valence-corrected chi connectivity index (χ2v) is 3.82. The zero-order chi connectivity index (χ0) is 11.0. The summed E-state index contributed by atoms with van der Waals surface area (Å²) in [6.07, 6.45) is 0. The largest absolute Gasteiger partial charge is 0.423 e. The molecule has 15 heavy (non-hydrogen) atoms. The van der Waals surface area contributed by atoms with E-state index >= 15 is 0 Å². The molecule has 1 aromatic rings. The summed E-state index contributed by atoms with van der Waals surface area (Å²) in [4.78, 5) is 13.5. The molecule has 3 nitrogen and oxygen atoms in total. The number of ether oxygens (including phenoxy) is 1. The Morgan fingerprint density at radius 3 is 2.67 bits per heavy atom. The number of hydrogen-bond acceptors (Lipinski definition) is 3. The second kappa shape index (κ2) is 3.51. The molecule has 78 valence electrons. The summed E-state index contributed by atoms with van der Waals surface area (Å²) in [5.41, 5.74) is 1.48. The fourth-order valence-corrected chi connectivity index (χ4v) is 1.85. The number of nitrogens with zero attached hydrogens (tertiary/aromatic N) is 1. The van der Waals surface area contributed by atoms with Gasteiger partial charge in [-0.15, -0.1) is 0 Å². The van der Waals surface area contributed by atoms with Crippen molar-refractivity contribution in [3.63, 3.8) is 0 Å². The van der Waals surface area contributed by atoms with E-state index in [0.29, 0.717) is 11.3 Å². The third kappa shape index (κ3) is 1.55. The Bertz CT molecular complexity index is 423. The maximum absolute atomic E-state index is 11.5. The van der Waals surface area contributed by atoms with Gasteiger partial charge in [-0.3, -0.25) is 4.90 Å². The van der Waals surface area contributed by atoms with Crippen LogP contribution in [-0.4, -0.2) is 25.0 Å². The van der Waals surface area contributed by atoms with E-state index in [-0.39, 0.29) is 12.0 Å². The monoisotopic (exact) mass is 203 g/mol. The van der Waals surface area contributed by atoms with E-state index in [9.17, 15) is 4.79 Å². The minimum atomic E-state index is -0.340. The topological polar surface area (TPSA) is 29.5 Å². The van der Waals surface area contributed by atoms with Crippen molar-refractivity contribution in [1.29, 1.82) is 0 Å². The van der Waals surface area contributed by atoms with E-state index in [0.717, 1.165) is 5.56 Å². The summed E-state index contributed by atoms with van der Waals surface area (Å²) in [6, 6.07) is 7.46. The Morgan fingerprint density at radius 2 is 2.00 bits per heavy atom. The first-order valence-corrected chi connectivity index (χ1v) is 4.77. The first-order valence-electron chi connectivity index (χ1n) is 4.77. The van der Waals surface area contributed by atoms with Crippen molar-refractivity contribution in [2.45, 2.75) is 6.04 Å². The van der Waals surface area contributed by atoms with Crippen LogP contribution in [0, 0.1) is 0 Å². The molecule has 0 spiro atoms. The molecule has 1 heterocycles. The predicted molar refractivity (Wildman–Crippen MR) is 57.6 cm³/mol. The molecule has 1 atom stereocenters. The minimum absolute atomic E-state index is 0.0811. The Balaban J connectivity index is 2.54. The Hall–Kier alpha value is -1.61. The van der Waals surface area contributed by atoms with Gasteiger partial charge in [-0.2, -0.15) is 0 Å². The van der Waals surface area contributed by atoms with E-state index in [1.54, 1.807) is 6.07 Å². The Labute approximate surface area is 89.0 Å². The molecule has 1 aliphatic rings. The van der Waals surface area contributed by atoms with Crippen LogP contribution >= 0.6 is 0 Å². The molecule has 0 aliphatic carbocycles. The standard InChI is InChI=1S/C12H13NO2/c1-8-11(13(2)3)9-6-4-5-7-10(9)15-12(8)14/h4-7,11H,1H2,2-3H3. The van der Waals surface area contributed by atoms with Crippen molar-refractivity contribution < 1.29 is 9.53 Å². The number of rotatable bonds is 1.